The van der Waals surface area contributed by atoms with E-state index in [1.807, 2.05) is 0 Å². The van der Waals surface area contributed by atoms with Crippen molar-refractivity contribution in [2.75, 3.05) is 6.61 Å². The standard InChI is InChI=1S/C2H6O.HN.Zn/c1-2-3;;/h3H,2H2,1H3;1H;. The molecule has 0 unspecified atom stereocenters. The van der Waals surface area contributed by atoms with E-state index in [2.05, 4.69) is 0 Å². The molecule has 0 aliphatic heterocycles. The molecule has 0 fully saturated rings. The second-order valence-corrected chi connectivity index (χ2v) is 0.316. The Bertz CT molecular complexity index is 13.6. The number of hydrogen-bond acceptors (Lipinski definition) is 2. The first-order valence-corrected chi connectivity index (χ1v) is 2.86. The Morgan fingerprint density at radius 2 is 1.80 bits per heavy atom. The van der Waals surface area contributed by atoms with Gasteiger partial charge in [0.2, 0.25) is 0 Å². The summed E-state index contributed by atoms with van der Waals surface area (Å²) >= 11 is 0.625. The molecule has 28 valence electrons. The van der Waals surface area contributed by atoms with Gasteiger partial charge in [0, 0.05) is 6.61 Å². The third kappa shape index (κ3) is 169. The van der Waals surface area contributed by atoms with Crippen LogP contribution in [0.15, 0.2) is 0 Å². The quantitative estimate of drug-likeness (QED) is 0.451. The van der Waals surface area contributed by atoms with Gasteiger partial charge in [-0.2, -0.15) is 0 Å². The molecule has 0 aromatic heterocycles. The summed E-state index contributed by atoms with van der Waals surface area (Å²) in [5.74, 6) is 0. The minimum atomic E-state index is 0.250. The molecule has 5 heavy (non-hydrogen) atoms. The molecule has 0 heterocycles. The first-order chi connectivity index (χ1) is 2.41. The molecule has 0 saturated heterocycles. The summed E-state index contributed by atoms with van der Waals surface area (Å²) in [6.07, 6.45) is 0. The molecule has 0 atom stereocenters. The van der Waals surface area contributed by atoms with Gasteiger partial charge in [-0.1, -0.05) is 0 Å². The maximum atomic E-state index is 7.57. The number of rotatable bonds is 0. The Morgan fingerprint density at radius 1 is 1.80 bits per heavy atom. The molecule has 0 aromatic carbocycles. The molecule has 0 saturated carbocycles. The van der Waals surface area contributed by atoms with Gasteiger partial charge >= 0.3 is 22.2 Å². The molecule has 3 heteroatoms. The number of aliphatic hydroxyl groups excluding tert-OH is 1. The zero-order valence-corrected chi connectivity index (χ0v) is 6.33. The first kappa shape index (κ1) is 9.04. The van der Waals surface area contributed by atoms with Crippen LogP contribution in [0.5, 0.6) is 0 Å². The van der Waals surface area contributed by atoms with E-state index in [-0.39, 0.29) is 6.61 Å². The molecule has 2 nitrogen and oxygen atoms in total. The minimum absolute atomic E-state index is 0.250. The van der Waals surface area contributed by atoms with Crippen molar-refractivity contribution in [2.45, 2.75) is 6.92 Å². The third-order valence-corrected chi connectivity index (χ3v) is 0. The van der Waals surface area contributed by atoms with E-state index in [4.69, 9.17) is 9.21 Å². The van der Waals surface area contributed by atoms with E-state index in [0.29, 0.717) is 18.1 Å². The summed E-state index contributed by atoms with van der Waals surface area (Å²) in [7, 11) is 0. The van der Waals surface area contributed by atoms with Crippen LogP contribution in [-0.2, 0) is 18.1 Å². The molecule has 0 rings (SSSR count). The molecule has 0 aliphatic carbocycles. The van der Waals surface area contributed by atoms with E-state index < -0.39 is 0 Å². The average Bonchev–Trinajstić information content (AvgIpc) is 1.46. The fourth-order valence-corrected chi connectivity index (χ4v) is 0. The van der Waals surface area contributed by atoms with Crippen LogP contribution in [-0.4, -0.2) is 11.7 Å². The summed E-state index contributed by atoms with van der Waals surface area (Å²) in [5.41, 5.74) is 0. The van der Waals surface area contributed by atoms with Gasteiger partial charge in [-0.05, 0) is 6.92 Å². The van der Waals surface area contributed by atoms with E-state index in [1.165, 1.54) is 0 Å². The van der Waals surface area contributed by atoms with Gasteiger partial charge in [-0.25, -0.2) is 0 Å². The number of hydrogen-bond donors (Lipinski definition) is 2. The zero-order valence-electron chi connectivity index (χ0n) is 3.36. The van der Waals surface area contributed by atoms with Crippen molar-refractivity contribution in [2.24, 2.45) is 0 Å². The van der Waals surface area contributed by atoms with Crippen molar-refractivity contribution in [1.29, 1.82) is 4.10 Å². The van der Waals surface area contributed by atoms with Crippen molar-refractivity contribution in [3.8, 4) is 0 Å². The number of aliphatic hydroxyl groups is 1. The SMILES string of the molecule is CCO.[NH]=[Zn]. The second-order valence-electron chi connectivity index (χ2n) is 0.316. The molecule has 0 bridgehead atoms. The predicted octanol–water partition coefficient (Wildman–Crippen LogP) is 0.294. The van der Waals surface area contributed by atoms with Crippen LogP contribution in [0.3, 0.4) is 0 Å². The Morgan fingerprint density at radius 3 is 1.80 bits per heavy atom. The summed E-state index contributed by atoms with van der Waals surface area (Å²) < 4.78 is 5.88. The number of nitrogens with one attached hydrogen (secondary N) is 1. The summed E-state index contributed by atoms with van der Waals surface area (Å²) in [6.45, 7) is 1.93. The monoisotopic (exact) mass is 125 g/mol. The molecule has 0 aromatic rings. The summed E-state index contributed by atoms with van der Waals surface area (Å²) in [5, 5.41) is 7.57. The molecule has 0 aliphatic rings. The summed E-state index contributed by atoms with van der Waals surface area (Å²) in [6, 6.07) is 0. The Balaban J connectivity index is 0. The molecule has 0 amide bonds. The molecule has 0 radical (unpaired) electrons. The van der Waals surface area contributed by atoms with Crippen LogP contribution in [0.25, 0.3) is 0 Å². The zero-order chi connectivity index (χ0) is 4.71. The van der Waals surface area contributed by atoms with Gasteiger partial charge in [-0.15, -0.1) is 0 Å². The van der Waals surface area contributed by atoms with Crippen LogP contribution in [0.2, 0.25) is 0 Å². The van der Waals surface area contributed by atoms with Crippen molar-refractivity contribution < 1.29 is 23.2 Å². The predicted molar refractivity (Wildman–Crippen MR) is 15.5 cm³/mol. The Hall–Kier alpha value is 0.383. The van der Waals surface area contributed by atoms with Gasteiger partial charge in [0.25, 0.3) is 0 Å². The van der Waals surface area contributed by atoms with Crippen LogP contribution < -0.4 is 0 Å². The Kier molecular flexibility index (Phi) is 47.4. The van der Waals surface area contributed by atoms with Gasteiger partial charge in [0.05, 0.1) is 0 Å². The Labute approximate surface area is 41.5 Å². The maximum absolute atomic E-state index is 7.57. The van der Waals surface area contributed by atoms with Crippen molar-refractivity contribution in [1.82, 2.24) is 0 Å². The average molecular weight is 126 g/mol. The van der Waals surface area contributed by atoms with Crippen LogP contribution in [0.4, 0.5) is 0 Å². The molecule has 0 spiro atoms. The molecular formula is C2H7NOZn. The van der Waals surface area contributed by atoms with E-state index >= 15 is 0 Å². The van der Waals surface area contributed by atoms with Gasteiger partial charge in [0.1, 0.15) is 0 Å². The molecular weight excluding hydrogens is 119 g/mol. The second kappa shape index (κ2) is 26.2. The van der Waals surface area contributed by atoms with Crippen molar-refractivity contribution in [3.05, 3.63) is 0 Å². The van der Waals surface area contributed by atoms with Crippen LogP contribution in [0, 0.1) is 4.10 Å². The van der Waals surface area contributed by atoms with E-state index in [1.54, 1.807) is 6.92 Å². The van der Waals surface area contributed by atoms with Crippen molar-refractivity contribution in [3.63, 3.8) is 0 Å². The normalized spacial score (nSPS) is 4.80. The third-order valence-electron chi connectivity index (χ3n) is 0. The first-order valence-electron chi connectivity index (χ1n) is 1.38. The van der Waals surface area contributed by atoms with Crippen molar-refractivity contribution >= 4 is 0 Å². The molecule has 2 N–H and O–H groups in total. The topological polar surface area (TPSA) is 44.1 Å². The van der Waals surface area contributed by atoms with E-state index in [9.17, 15) is 0 Å². The van der Waals surface area contributed by atoms with Gasteiger partial charge in [0.15, 0.2) is 0 Å². The van der Waals surface area contributed by atoms with Gasteiger partial charge < -0.3 is 5.11 Å². The summed E-state index contributed by atoms with van der Waals surface area (Å²) in [4.78, 5) is 0. The fourth-order valence-electron chi connectivity index (χ4n) is 0. The fraction of sp³-hybridized carbons (Fsp3) is 1.00. The van der Waals surface area contributed by atoms with Crippen LogP contribution >= 0.6 is 0 Å². The van der Waals surface area contributed by atoms with Crippen LogP contribution in [0.1, 0.15) is 6.92 Å². The van der Waals surface area contributed by atoms with E-state index in [0.717, 1.165) is 0 Å². The van der Waals surface area contributed by atoms with Gasteiger partial charge in [-0.3, -0.25) is 0 Å².